The quantitative estimate of drug-likeness (QED) is 0.736. The lowest BCUT2D eigenvalue weighted by atomic mass is 10.1. The highest BCUT2D eigenvalue weighted by Crippen LogP contribution is 2.14. The van der Waals surface area contributed by atoms with Crippen molar-refractivity contribution in [3.8, 4) is 5.69 Å². The van der Waals surface area contributed by atoms with E-state index >= 15 is 0 Å². The van der Waals surface area contributed by atoms with E-state index in [4.69, 9.17) is 0 Å². The number of hydrogen-bond acceptors (Lipinski definition) is 3. The maximum atomic E-state index is 13.8. The first-order valence-corrected chi connectivity index (χ1v) is 8.77. The fraction of sp³-hybridized carbons (Fsp3) is 0.190. The molecule has 1 aromatic heterocycles. The summed E-state index contributed by atoms with van der Waals surface area (Å²) < 4.78 is 29.1. The normalized spacial score (nSPS) is 11.9. The Bertz CT molecular complexity index is 1040. The standard InChI is InChI=1S/C21H19F2N3O2/c1-13(11-16-17(22)9-6-10-18(16)23)24-21(28)20-19(27)12-14(2)26(25-20)15-7-4-3-5-8-15/h3-10,12-13H,11H2,1-2H3,(H,24,28). The molecule has 0 radical (unpaired) electrons. The highest BCUT2D eigenvalue weighted by molar-refractivity contribution is 5.92. The Hall–Kier alpha value is -3.35. The number of rotatable bonds is 5. The zero-order valence-corrected chi connectivity index (χ0v) is 15.4. The third kappa shape index (κ3) is 4.14. The van der Waals surface area contributed by atoms with E-state index in [-0.39, 0.29) is 17.7 Å². The Morgan fingerprint density at radius 2 is 1.75 bits per heavy atom. The molecule has 144 valence electrons. The van der Waals surface area contributed by atoms with E-state index in [9.17, 15) is 18.4 Å². The molecule has 1 unspecified atom stereocenters. The van der Waals surface area contributed by atoms with Gasteiger partial charge in [0, 0.05) is 23.4 Å². The van der Waals surface area contributed by atoms with Gasteiger partial charge in [0.1, 0.15) is 11.6 Å². The summed E-state index contributed by atoms with van der Waals surface area (Å²) in [6.45, 7) is 3.32. The summed E-state index contributed by atoms with van der Waals surface area (Å²) in [5.74, 6) is -2.05. The van der Waals surface area contributed by atoms with Crippen LogP contribution in [0.2, 0.25) is 0 Å². The first kappa shape index (κ1) is 19.4. The van der Waals surface area contributed by atoms with Crippen LogP contribution in [0, 0.1) is 18.6 Å². The van der Waals surface area contributed by atoms with Crippen LogP contribution < -0.4 is 10.7 Å². The van der Waals surface area contributed by atoms with Gasteiger partial charge in [0.15, 0.2) is 5.69 Å². The second kappa shape index (κ2) is 8.12. The van der Waals surface area contributed by atoms with E-state index in [0.717, 1.165) is 12.1 Å². The van der Waals surface area contributed by atoms with Crippen LogP contribution >= 0.6 is 0 Å². The molecule has 0 fully saturated rings. The van der Waals surface area contributed by atoms with Gasteiger partial charge in [-0.2, -0.15) is 5.10 Å². The van der Waals surface area contributed by atoms with E-state index in [2.05, 4.69) is 10.4 Å². The van der Waals surface area contributed by atoms with Crippen LogP contribution in [0.1, 0.15) is 28.7 Å². The van der Waals surface area contributed by atoms with Crippen molar-refractivity contribution in [1.82, 2.24) is 15.1 Å². The smallest absolute Gasteiger partial charge is 0.276 e. The van der Waals surface area contributed by atoms with Crippen molar-refractivity contribution in [2.24, 2.45) is 0 Å². The third-order valence-corrected chi connectivity index (χ3v) is 4.27. The molecule has 0 aliphatic heterocycles. The highest BCUT2D eigenvalue weighted by Gasteiger charge is 2.19. The van der Waals surface area contributed by atoms with Crippen molar-refractivity contribution in [3.05, 3.63) is 93.4 Å². The second-order valence-corrected chi connectivity index (χ2v) is 6.52. The molecule has 28 heavy (non-hydrogen) atoms. The molecule has 0 bridgehead atoms. The number of halogens is 2. The fourth-order valence-electron chi connectivity index (χ4n) is 2.91. The molecule has 1 N–H and O–H groups in total. The first-order valence-electron chi connectivity index (χ1n) is 8.77. The lowest BCUT2D eigenvalue weighted by molar-refractivity contribution is 0.0931. The molecule has 5 nitrogen and oxygen atoms in total. The van der Waals surface area contributed by atoms with Crippen molar-refractivity contribution in [3.63, 3.8) is 0 Å². The maximum absolute atomic E-state index is 13.8. The predicted molar refractivity (Wildman–Crippen MR) is 102 cm³/mol. The SMILES string of the molecule is Cc1cc(=O)c(C(=O)NC(C)Cc2c(F)cccc2F)nn1-c1ccccc1. The summed E-state index contributed by atoms with van der Waals surface area (Å²) in [4.78, 5) is 24.8. The fourth-order valence-corrected chi connectivity index (χ4v) is 2.91. The average Bonchev–Trinajstić information content (AvgIpc) is 2.65. The molecule has 1 atom stereocenters. The van der Waals surface area contributed by atoms with E-state index in [1.54, 1.807) is 26.0 Å². The largest absolute Gasteiger partial charge is 0.348 e. The lowest BCUT2D eigenvalue weighted by Gasteiger charge is -2.16. The van der Waals surface area contributed by atoms with Gasteiger partial charge in [-0.05, 0) is 44.5 Å². The number of nitrogens with one attached hydrogen (secondary N) is 1. The van der Waals surface area contributed by atoms with Gasteiger partial charge in [-0.1, -0.05) is 24.3 Å². The minimum atomic E-state index is -0.695. The van der Waals surface area contributed by atoms with Gasteiger partial charge in [0.2, 0.25) is 5.43 Å². The summed E-state index contributed by atoms with van der Waals surface area (Å²) in [7, 11) is 0. The van der Waals surface area contributed by atoms with E-state index in [0.29, 0.717) is 11.4 Å². The Balaban J connectivity index is 1.83. The van der Waals surface area contributed by atoms with Gasteiger partial charge in [-0.3, -0.25) is 9.59 Å². The summed E-state index contributed by atoms with van der Waals surface area (Å²) >= 11 is 0. The summed E-state index contributed by atoms with van der Waals surface area (Å²) in [5, 5.41) is 6.77. The van der Waals surface area contributed by atoms with Crippen LogP contribution in [0.3, 0.4) is 0 Å². The zero-order valence-electron chi connectivity index (χ0n) is 15.4. The first-order chi connectivity index (χ1) is 13.4. The number of benzene rings is 2. The molecule has 1 heterocycles. The summed E-state index contributed by atoms with van der Waals surface area (Å²) in [5.41, 5.74) is 0.361. The van der Waals surface area contributed by atoms with Crippen molar-refractivity contribution < 1.29 is 13.6 Å². The number of para-hydroxylation sites is 1. The average molecular weight is 383 g/mol. The number of amides is 1. The number of aryl methyl sites for hydroxylation is 1. The van der Waals surface area contributed by atoms with Crippen molar-refractivity contribution in [2.45, 2.75) is 26.3 Å². The molecule has 0 spiro atoms. The molecule has 0 saturated heterocycles. The van der Waals surface area contributed by atoms with Gasteiger partial charge >= 0.3 is 0 Å². The van der Waals surface area contributed by atoms with Gasteiger partial charge in [-0.15, -0.1) is 0 Å². The Morgan fingerprint density at radius 1 is 1.11 bits per heavy atom. The Kier molecular flexibility index (Phi) is 5.63. The lowest BCUT2D eigenvalue weighted by Crippen LogP contribution is -2.38. The maximum Gasteiger partial charge on any atom is 0.276 e. The topological polar surface area (TPSA) is 64.0 Å². The molecule has 7 heteroatoms. The minimum absolute atomic E-state index is 0.0526. The van der Waals surface area contributed by atoms with Crippen molar-refractivity contribution in [1.29, 1.82) is 0 Å². The number of aromatic nitrogens is 2. The van der Waals surface area contributed by atoms with Crippen LogP contribution in [0.5, 0.6) is 0 Å². The minimum Gasteiger partial charge on any atom is -0.348 e. The van der Waals surface area contributed by atoms with Gasteiger partial charge < -0.3 is 5.32 Å². The number of carbonyl (C=O) groups is 1. The van der Waals surface area contributed by atoms with Crippen molar-refractivity contribution in [2.75, 3.05) is 0 Å². The third-order valence-electron chi connectivity index (χ3n) is 4.27. The van der Waals surface area contributed by atoms with E-state index in [1.165, 1.54) is 16.8 Å². The molecule has 1 amide bonds. The highest BCUT2D eigenvalue weighted by atomic mass is 19.1. The van der Waals surface area contributed by atoms with Gasteiger partial charge in [0.05, 0.1) is 5.69 Å². The van der Waals surface area contributed by atoms with E-state index < -0.39 is 29.0 Å². The van der Waals surface area contributed by atoms with E-state index in [1.807, 2.05) is 18.2 Å². The molecule has 0 aliphatic rings. The van der Waals surface area contributed by atoms with Crippen LogP contribution in [0.4, 0.5) is 8.78 Å². The zero-order chi connectivity index (χ0) is 20.3. The molecule has 3 aromatic rings. The van der Waals surface area contributed by atoms with Crippen LogP contribution in [-0.4, -0.2) is 21.7 Å². The van der Waals surface area contributed by atoms with Gasteiger partial charge in [0.25, 0.3) is 5.91 Å². The summed E-state index contributed by atoms with van der Waals surface area (Å²) in [6, 6.07) is 13.4. The number of carbonyl (C=O) groups excluding carboxylic acids is 1. The second-order valence-electron chi connectivity index (χ2n) is 6.52. The molecule has 3 rings (SSSR count). The summed E-state index contributed by atoms with van der Waals surface area (Å²) in [6.07, 6.45) is -0.0526. The molecule has 0 saturated carbocycles. The Labute approximate surface area is 160 Å². The van der Waals surface area contributed by atoms with Crippen LogP contribution in [-0.2, 0) is 6.42 Å². The predicted octanol–water partition coefficient (Wildman–Crippen LogP) is 3.18. The molecule has 0 aliphatic carbocycles. The Morgan fingerprint density at radius 3 is 2.39 bits per heavy atom. The monoisotopic (exact) mass is 383 g/mol. The van der Waals surface area contributed by atoms with Crippen LogP contribution in [0.25, 0.3) is 5.69 Å². The molecular weight excluding hydrogens is 364 g/mol. The number of nitrogens with zero attached hydrogens (tertiary/aromatic N) is 2. The number of hydrogen-bond donors (Lipinski definition) is 1. The molecular formula is C21H19F2N3O2. The molecule has 2 aromatic carbocycles. The van der Waals surface area contributed by atoms with Gasteiger partial charge in [-0.25, -0.2) is 13.5 Å². The van der Waals surface area contributed by atoms with Crippen LogP contribution in [0.15, 0.2) is 59.4 Å². The van der Waals surface area contributed by atoms with Crippen molar-refractivity contribution >= 4 is 5.91 Å².